The van der Waals surface area contributed by atoms with Gasteiger partial charge in [0, 0.05) is 0 Å². The van der Waals surface area contributed by atoms with Crippen LogP contribution >= 0.6 is 0 Å². The summed E-state index contributed by atoms with van der Waals surface area (Å²) in [6, 6.07) is 0. The van der Waals surface area contributed by atoms with E-state index in [0.717, 1.165) is 6.92 Å². The van der Waals surface area contributed by atoms with E-state index in [1.54, 1.807) is 13.8 Å². The van der Waals surface area contributed by atoms with Gasteiger partial charge in [0.1, 0.15) is 0 Å². The number of carbonyl (C=O) groups is 1. The van der Waals surface area contributed by atoms with Gasteiger partial charge in [-0.1, -0.05) is 0 Å². The molecule has 0 bridgehead atoms. The fourth-order valence-electron chi connectivity index (χ4n) is 0.518. The monoisotopic (exact) mass is 200 g/mol. The van der Waals surface area contributed by atoms with Gasteiger partial charge in [0.05, 0.1) is 0 Å². The first-order chi connectivity index (χ1) is 4.83. The molecule has 0 aliphatic rings. The second kappa shape index (κ2) is 4.18. The standard InChI is InChI=1S/C3H7O.C2H4O2.2H2O.Ti/c1-3(2)4;1-2(3)4;;;/h3H,1-2H3;1H3,(H,3,4);2*1H2;/q-1;;;;+4/p-3. The van der Waals surface area contributed by atoms with Gasteiger partial charge in [-0.3, -0.25) is 0 Å². The van der Waals surface area contributed by atoms with E-state index < -0.39 is 24.1 Å². The van der Waals surface area contributed by atoms with Gasteiger partial charge >= 0.3 is 69.8 Å². The van der Waals surface area contributed by atoms with Crippen LogP contribution in [0, 0.1) is 0 Å². The summed E-state index contributed by atoms with van der Waals surface area (Å²) in [7, 11) is 0. The molecule has 0 saturated carbocycles. The summed E-state index contributed by atoms with van der Waals surface area (Å²) >= 11 is -4.66. The third-order valence-electron chi connectivity index (χ3n) is 0.666. The molecular weight excluding hydrogens is 188 g/mol. The van der Waals surface area contributed by atoms with Crippen LogP contribution in [0.1, 0.15) is 20.8 Å². The van der Waals surface area contributed by atoms with Crippen molar-refractivity contribution in [2.45, 2.75) is 26.9 Å². The normalized spacial score (nSPS) is 11.8. The molecule has 11 heavy (non-hydrogen) atoms. The molecule has 2 N–H and O–H groups in total. The molecule has 0 radical (unpaired) electrons. The molecule has 0 aliphatic heterocycles. The SMILES string of the molecule is CC(=O)[O][Ti]([OH])([OH])[O]C(C)C. The van der Waals surface area contributed by atoms with Gasteiger partial charge in [0.25, 0.3) is 0 Å². The van der Waals surface area contributed by atoms with E-state index in [1.807, 2.05) is 0 Å². The number of carbonyl (C=O) groups excluding carboxylic acids is 1. The first-order valence-corrected chi connectivity index (χ1v) is 5.83. The summed E-state index contributed by atoms with van der Waals surface area (Å²) in [4.78, 5) is 10.3. The zero-order valence-electron chi connectivity index (χ0n) is 6.70. The summed E-state index contributed by atoms with van der Waals surface area (Å²) in [6.45, 7) is 4.34. The van der Waals surface area contributed by atoms with Crippen molar-refractivity contribution in [1.29, 1.82) is 0 Å². The fraction of sp³-hybridized carbons (Fsp3) is 0.800. The Morgan fingerprint density at radius 1 is 1.45 bits per heavy atom. The average molecular weight is 200 g/mol. The molecule has 0 fully saturated rings. The Balaban J connectivity index is 3.89. The van der Waals surface area contributed by atoms with Crippen molar-refractivity contribution in [2.75, 3.05) is 0 Å². The maximum absolute atomic E-state index is 10.3. The Labute approximate surface area is 70.2 Å². The van der Waals surface area contributed by atoms with Crippen LogP contribution in [0.4, 0.5) is 0 Å². The van der Waals surface area contributed by atoms with E-state index >= 15 is 0 Å². The minimum absolute atomic E-state index is 0.357. The topological polar surface area (TPSA) is 76.0 Å². The van der Waals surface area contributed by atoms with E-state index in [4.69, 9.17) is 7.38 Å². The van der Waals surface area contributed by atoms with E-state index in [-0.39, 0.29) is 6.10 Å². The quantitative estimate of drug-likeness (QED) is 0.615. The van der Waals surface area contributed by atoms with Gasteiger partial charge in [-0.25, -0.2) is 0 Å². The summed E-state index contributed by atoms with van der Waals surface area (Å²) in [6.07, 6.45) is -0.357. The summed E-state index contributed by atoms with van der Waals surface area (Å²) in [5.74, 6) is -0.740. The zero-order chi connectivity index (χ0) is 9.07. The van der Waals surface area contributed by atoms with Crippen LogP contribution < -0.4 is 0 Å². The average Bonchev–Trinajstić information content (AvgIpc) is 1.53. The molecule has 66 valence electrons. The molecule has 0 amide bonds. The summed E-state index contributed by atoms with van der Waals surface area (Å²) < 4.78 is 26.7. The van der Waals surface area contributed by atoms with Gasteiger partial charge in [0.15, 0.2) is 0 Å². The second-order valence-electron chi connectivity index (χ2n) is 2.31. The predicted octanol–water partition coefficient (Wildman–Crippen LogP) is -0.227. The van der Waals surface area contributed by atoms with Gasteiger partial charge in [-0.15, -0.1) is 0 Å². The van der Waals surface area contributed by atoms with Gasteiger partial charge in [0.2, 0.25) is 0 Å². The first kappa shape index (κ1) is 11.1. The number of hydrogen-bond acceptors (Lipinski definition) is 5. The van der Waals surface area contributed by atoms with E-state index in [9.17, 15) is 4.79 Å². The zero-order valence-corrected chi connectivity index (χ0v) is 8.26. The van der Waals surface area contributed by atoms with Crippen LogP contribution in [-0.2, 0) is 29.6 Å². The maximum atomic E-state index is 10.3. The number of rotatable bonds is 3. The molecule has 5 nitrogen and oxygen atoms in total. The molecule has 0 unspecified atom stereocenters. The molecule has 0 aromatic heterocycles. The molecular formula is C5H12O5Ti. The Morgan fingerprint density at radius 2 is 1.91 bits per heavy atom. The fourth-order valence-corrected chi connectivity index (χ4v) is 2.14. The van der Waals surface area contributed by atoms with Crippen LogP contribution in [0.3, 0.4) is 0 Å². The third kappa shape index (κ3) is 6.46. The molecule has 0 saturated heterocycles. The third-order valence-corrected chi connectivity index (χ3v) is 2.75. The van der Waals surface area contributed by atoms with Crippen molar-refractivity contribution in [3.05, 3.63) is 0 Å². The first-order valence-electron chi connectivity index (χ1n) is 3.15. The molecule has 0 aromatic rings. The molecule has 0 aliphatic carbocycles. The van der Waals surface area contributed by atoms with Gasteiger partial charge in [-0.05, 0) is 0 Å². The molecule has 0 atom stereocenters. The molecule has 0 rings (SSSR count). The Bertz CT molecular complexity index is 144. The van der Waals surface area contributed by atoms with Crippen LogP contribution in [0.2, 0.25) is 0 Å². The molecule has 6 heteroatoms. The summed E-state index contributed by atoms with van der Waals surface area (Å²) in [5.41, 5.74) is 0. The Morgan fingerprint density at radius 3 is 2.18 bits per heavy atom. The predicted molar refractivity (Wildman–Crippen MR) is 32.4 cm³/mol. The van der Waals surface area contributed by atoms with E-state index in [0.29, 0.717) is 0 Å². The minimum atomic E-state index is -4.66. The van der Waals surface area contributed by atoms with Crippen molar-refractivity contribution in [2.24, 2.45) is 0 Å². The van der Waals surface area contributed by atoms with Crippen molar-refractivity contribution < 1.29 is 36.9 Å². The van der Waals surface area contributed by atoms with Crippen molar-refractivity contribution in [1.82, 2.24) is 0 Å². The Kier molecular flexibility index (Phi) is 4.20. The summed E-state index contributed by atoms with van der Waals surface area (Å²) in [5, 5.41) is 0. The van der Waals surface area contributed by atoms with Crippen molar-refractivity contribution in [3.8, 4) is 0 Å². The van der Waals surface area contributed by atoms with Gasteiger partial charge in [-0.2, -0.15) is 0 Å². The van der Waals surface area contributed by atoms with Crippen LogP contribution in [-0.4, -0.2) is 19.4 Å². The molecule has 0 heterocycles. The van der Waals surface area contributed by atoms with Crippen molar-refractivity contribution in [3.63, 3.8) is 0 Å². The van der Waals surface area contributed by atoms with E-state index in [2.05, 4.69) is 6.64 Å². The van der Waals surface area contributed by atoms with Gasteiger partial charge < -0.3 is 0 Å². The Hall–Kier alpha value is 0.0643. The van der Waals surface area contributed by atoms with Crippen LogP contribution in [0.25, 0.3) is 0 Å². The van der Waals surface area contributed by atoms with Crippen LogP contribution in [0.15, 0.2) is 0 Å². The van der Waals surface area contributed by atoms with Crippen molar-refractivity contribution >= 4 is 5.97 Å². The second-order valence-corrected chi connectivity index (χ2v) is 4.71. The molecule has 0 aromatic carbocycles. The number of hydrogen-bond donors (Lipinski definition) is 2. The van der Waals surface area contributed by atoms with Crippen LogP contribution in [0.5, 0.6) is 0 Å². The molecule has 0 spiro atoms. The van der Waals surface area contributed by atoms with E-state index in [1.165, 1.54) is 0 Å².